The van der Waals surface area contributed by atoms with E-state index in [4.69, 9.17) is 4.43 Å². The van der Waals surface area contributed by atoms with Gasteiger partial charge in [-0.25, -0.2) is 4.79 Å². The Balaban J connectivity index is 1.69. The summed E-state index contributed by atoms with van der Waals surface area (Å²) in [4.78, 5) is 25.2. The molecule has 1 aliphatic heterocycles. The molecule has 1 heterocycles. The van der Waals surface area contributed by atoms with E-state index in [-0.39, 0.29) is 23.9 Å². The summed E-state index contributed by atoms with van der Waals surface area (Å²) >= 11 is 0. The van der Waals surface area contributed by atoms with Crippen molar-refractivity contribution in [1.82, 2.24) is 10.2 Å². The Labute approximate surface area is 202 Å². The van der Waals surface area contributed by atoms with Crippen LogP contribution >= 0.6 is 0 Å². The number of rotatable bonds is 8. The first-order valence-electron chi connectivity index (χ1n) is 11.9. The second kappa shape index (κ2) is 11.2. The summed E-state index contributed by atoms with van der Waals surface area (Å²) in [5.74, 6) is -0.369. The molecule has 8 heteroatoms. The van der Waals surface area contributed by atoms with Crippen molar-refractivity contribution < 1.29 is 24.2 Å². The molecule has 0 aromatic heterocycles. The van der Waals surface area contributed by atoms with Crippen molar-refractivity contribution in [2.45, 2.75) is 57.2 Å². The third kappa shape index (κ3) is 5.68. The minimum absolute atomic E-state index is 0.122. The predicted molar refractivity (Wildman–Crippen MR) is 135 cm³/mol. The summed E-state index contributed by atoms with van der Waals surface area (Å²) in [5, 5.41) is 24.4. The van der Waals surface area contributed by atoms with E-state index < -0.39 is 26.6 Å². The third-order valence-corrected chi connectivity index (χ3v) is 11.5. The Kier molecular flexibility index (Phi) is 8.51. The molecule has 0 radical (unpaired) electrons. The summed E-state index contributed by atoms with van der Waals surface area (Å²) in [6.45, 7) is 7.65. The maximum Gasteiger partial charge on any atom is 0.407 e. The standard InChI is InChI=1S/C26H36N2O5Si/c1-26(2,3)34(21-11-6-4-7-12-21,22-13-8-5-9-14-22)33-18-10-16-27-24(30)23-19-20(29)15-17-28(23)25(31)32/h4-9,11-14,20,23,29H,10,15-19H2,1-3H3,(H,27,30)(H,31,32). The van der Waals surface area contributed by atoms with Crippen LogP contribution in [0.1, 0.15) is 40.0 Å². The topological polar surface area (TPSA) is 99.1 Å². The molecule has 34 heavy (non-hydrogen) atoms. The summed E-state index contributed by atoms with van der Waals surface area (Å²) < 4.78 is 6.81. The minimum atomic E-state index is -2.63. The van der Waals surface area contributed by atoms with E-state index in [0.717, 1.165) is 4.90 Å². The fraction of sp³-hybridized carbons (Fsp3) is 0.462. The average molecular weight is 485 g/mol. The Bertz CT molecular complexity index is 909. The van der Waals surface area contributed by atoms with Gasteiger partial charge < -0.3 is 20.0 Å². The molecule has 0 spiro atoms. The van der Waals surface area contributed by atoms with E-state index in [1.54, 1.807) is 0 Å². The number of carbonyl (C=O) groups is 2. The lowest BCUT2D eigenvalue weighted by Crippen LogP contribution is -2.66. The highest BCUT2D eigenvalue weighted by molar-refractivity contribution is 6.99. The van der Waals surface area contributed by atoms with Crippen LogP contribution in [0.4, 0.5) is 4.79 Å². The molecule has 184 valence electrons. The third-order valence-electron chi connectivity index (χ3n) is 6.48. The Hall–Kier alpha value is -2.68. The number of aliphatic hydroxyl groups excluding tert-OH is 1. The minimum Gasteiger partial charge on any atom is -0.465 e. The van der Waals surface area contributed by atoms with Crippen LogP contribution in [0, 0.1) is 0 Å². The first-order chi connectivity index (χ1) is 16.2. The molecule has 2 unspecified atom stereocenters. The lowest BCUT2D eigenvalue weighted by Gasteiger charge is -2.43. The molecule has 2 aromatic carbocycles. The number of carbonyl (C=O) groups excluding carboxylic acids is 1. The molecule has 2 atom stereocenters. The Morgan fingerprint density at radius 2 is 1.62 bits per heavy atom. The predicted octanol–water partition coefficient (Wildman–Crippen LogP) is 2.57. The van der Waals surface area contributed by atoms with Crippen LogP contribution in [0.3, 0.4) is 0 Å². The van der Waals surface area contributed by atoms with Gasteiger partial charge in [-0.05, 0) is 28.3 Å². The van der Waals surface area contributed by atoms with E-state index in [9.17, 15) is 19.8 Å². The number of aliphatic hydroxyl groups is 1. The van der Waals surface area contributed by atoms with Gasteiger partial charge in [0.15, 0.2) is 0 Å². The molecule has 3 rings (SSSR count). The van der Waals surface area contributed by atoms with Crippen LogP contribution in [0.2, 0.25) is 5.04 Å². The SMILES string of the molecule is CC(C)(C)[Si](OCCCNC(=O)C1CC(O)CCN1C(=O)O)(c1ccccc1)c1ccccc1. The highest BCUT2D eigenvalue weighted by Gasteiger charge is 2.50. The second-order valence-electron chi connectivity index (χ2n) is 9.83. The number of nitrogens with zero attached hydrogens (tertiary/aromatic N) is 1. The number of amides is 2. The molecule has 1 aliphatic rings. The normalized spacial score (nSPS) is 19.0. The van der Waals surface area contributed by atoms with Gasteiger partial charge in [-0.1, -0.05) is 81.4 Å². The Morgan fingerprint density at radius 3 is 2.12 bits per heavy atom. The lowest BCUT2D eigenvalue weighted by molar-refractivity contribution is -0.128. The first-order valence-corrected chi connectivity index (χ1v) is 13.8. The van der Waals surface area contributed by atoms with Crippen molar-refractivity contribution in [2.75, 3.05) is 19.7 Å². The molecular formula is C26H36N2O5Si. The summed E-state index contributed by atoms with van der Waals surface area (Å²) in [7, 11) is -2.63. The van der Waals surface area contributed by atoms with Gasteiger partial charge >= 0.3 is 6.09 Å². The van der Waals surface area contributed by atoms with Crippen LogP contribution in [-0.2, 0) is 9.22 Å². The van der Waals surface area contributed by atoms with Gasteiger partial charge in [0.05, 0.1) is 6.10 Å². The number of nitrogens with one attached hydrogen (secondary N) is 1. The summed E-state index contributed by atoms with van der Waals surface area (Å²) in [6, 6.07) is 19.9. The molecule has 0 aliphatic carbocycles. The van der Waals surface area contributed by atoms with Gasteiger partial charge in [-0.15, -0.1) is 0 Å². The number of carboxylic acid groups (broad SMARTS) is 1. The van der Waals surface area contributed by atoms with Gasteiger partial charge in [0, 0.05) is 26.1 Å². The number of hydrogen-bond acceptors (Lipinski definition) is 4. The quantitative estimate of drug-likeness (QED) is 0.395. The van der Waals surface area contributed by atoms with Gasteiger partial charge in [0.1, 0.15) is 6.04 Å². The van der Waals surface area contributed by atoms with Gasteiger partial charge in [0.25, 0.3) is 8.32 Å². The van der Waals surface area contributed by atoms with Gasteiger partial charge in [0.2, 0.25) is 5.91 Å². The van der Waals surface area contributed by atoms with Crippen LogP contribution in [0.5, 0.6) is 0 Å². The van der Waals surface area contributed by atoms with Crippen LogP contribution in [0.15, 0.2) is 60.7 Å². The summed E-state index contributed by atoms with van der Waals surface area (Å²) in [6.07, 6.45) is -0.732. The molecular weight excluding hydrogens is 448 g/mol. The fourth-order valence-corrected chi connectivity index (χ4v) is 9.42. The van der Waals surface area contributed by atoms with Gasteiger partial charge in [-0.3, -0.25) is 9.69 Å². The van der Waals surface area contributed by atoms with E-state index in [2.05, 4.69) is 50.4 Å². The van der Waals surface area contributed by atoms with Crippen LogP contribution < -0.4 is 15.7 Å². The number of likely N-dealkylation sites (tertiary alicyclic amines) is 1. The van der Waals surface area contributed by atoms with Crippen molar-refractivity contribution in [3.63, 3.8) is 0 Å². The van der Waals surface area contributed by atoms with Crippen molar-refractivity contribution in [3.05, 3.63) is 60.7 Å². The molecule has 2 amide bonds. The molecule has 2 aromatic rings. The smallest absolute Gasteiger partial charge is 0.407 e. The lowest BCUT2D eigenvalue weighted by atomic mass is 9.99. The first kappa shape index (κ1) is 25.9. The molecule has 3 N–H and O–H groups in total. The second-order valence-corrected chi connectivity index (χ2v) is 14.1. The molecule has 0 saturated carbocycles. The zero-order chi connectivity index (χ0) is 24.8. The maximum atomic E-state index is 12.7. The number of benzene rings is 2. The average Bonchev–Trinajstić information content (AvgIpc) is 2.81. The van der Waals surface area contributed by atoms with E-state index in [0.29, 0.717) is 26.0 Å². The van der Waals surface area contributed by atoms with Crippen molar-refractivity contribution in [3.8, 4) is 0 Å². The van der Waals surface area contributed by atoms with Crippen molar-refractivity contribution in [1.29, 1.82) is 0 Å². The highest BCUT2D eigenvalue weighted by Crippen LogP contribution is 2.36. The zero-order valence-electron chi connectivity index (χ0n) is 20.2. The maximum absolute atomic E-state index is 12.7. The van der Waals surface area contributed by atoms with E-state index in [1.807, 2.05) is 36.4 Å². The van der Waals surface area contributed by atoms with Gasteiger partial charge in [-0.2, -0.15) is 0 Å². The number of piperidine rings is 1. The Morgan fingerprint density at radius 1 is 1.06 bits per heavy atom. The summed E-state index contributed by atoms with van der Waals surface area (Å²) in [5.41, 5.74) is 0. The van der Waals surface area contributed by atoms with E-state index in [1.165, 1.54) is 10.4 Å². The molecule has 1 saturated heterocycles. The molecule has 7 nitrogen and oxygen atoms in total. The van der Waals surface area contributed by atoms with E-state index >= 15 is 0 Å². The highest BCUT2D eigenvalue weighted by atomic mass is 28.4. The molecule has 1 fully saturated rings. The van der Waals surface area contributed by atoms with Crippen LogP contribution in [-0.4, -0.2) is 67.3 Å². The number of hydrogen-bond donors (Lipinski definition) is 3. The largest absolute Gasteiger partial charge is 0.465 e. The van der Waals surface area contributed by atoms with Crippen molar-refractivity contribution >= 4 is 30.7 Å². The van der Waals surface area contributed by atoms with Crippen molar-refractivity contribution in [2.24, 2.45) is 0 Å². The zero-order valence-corrected chi connectivity index (χ0v) is 21.2. The molecule has 0 bridgehead atoms. The fourth-order valence-electron chi connectivity index (χ4n) is 4.81. The van der Waals surface area contributed by atoms with Crippen LogP contribution in [0.25, 0.3) is 0 Å². The monoisotopic (exact) mass is 484 g/mol.